The molecular weight excluding hydrogens is 254 g/mol. The van der Waals surface area contributed by atoms with E-state index in [4.69, 9.17) is 0 Å². The second kappa shape index (κ2) is 6.68. The zero-order valence-corrected chi connectivity index (χ0v) is 12.4. The molecule has 2 aromatic rings. The van der Waals surface area contributed by atoms with E-state index in [0.29, 0.717) is 6.04 Å². The molecule has 0 aliphatic carbocycles. The van der Waals surface area contributed by atoms with Gasteiger partial charge in [0.15, 0.2) is 5.16 Å². The van der Waals surface area contributed by atoms with Crippen molar-refractivity contribution in [3.63, 3.8) is 0 Å². The van der Waals surface area contributed by atoms with Crippen molar-refractivity contribution in [3.05, 3.63) is 47.8 Å². The van der Waals surface area contributed by atoms with E-state index < -0.39 is 0 Å². The highest BCUT2D eigenvalue weighted by atomic mass is 32.2. The van der Waals surface area contributed by atoms with Crippen LogP contribution in [0.15, 0.2) is 46.7 Å². The summed E-state index contributed by atoms with van der Waals surface area (Å²) < 4.78 is 0. The molecule has 0 saturated heterocycles. The van der Waals surface area contributed by atoms with E-state index in [2.05, 4.69) is 54.3 Å². The number of aromatic nitrogens is 2. The Morgan fingerprint density at radius 1 is 1.21 bits per heavy atom. The van der Waals surface area contributed by atoms with E-state index in [1.165, 1.54) is 16.0 Å². The van der Waals surface area contributed by atoms with Gasteiger partial charge in [-0.2, -0.15) is 0 Å². The highest BCUT2D eigenvalue weighted by Gasteiger charge is 2.04. The summed E-state index contributed by atoms with van der Waals surface area (Å²) in [6.45, 7) is 7.38. The Labute approximate surface area is 118 Å². The van der Waals surface area contributed by atoms with Gasteiger partial charge in [-0.3, -0.25) is 0 Å². The fraction of sp³-hybridized carbons (Fsp3) is 0.333. The van der Waals surface area contributed by atoms with E-state index in [1.807, 2.05) is 6.07 Å². The Bertz CT molecular complexity index is 526. The molecular formula is C15H19N3S. The van der Waals surface area contributed by atoms with Crippen LogP contribution in [0.4, 0.5) is 0 Å². The predicted octanol–water partition coefficient (Wildman–Crippen LogP) is 3.43. The van der Waals surface area contributed by atoms with Gasteiger partial charge in [0, 0.05) is 29.9 Å². The largest absolute Gasteiger partial charge is 0.310 e. The summed E-state index contributed by atoms with van der Waals surface area (Å²) in [6.07, 6.45) is 3.53. The van der Waals surface area contributed by atoms with Gasteiger partial charge >= 0.3 is 0 Å². The molecule has 4 heteroatoms. The van der Waals surface area contributed by atoms with E-state index >= 15 is 0 Å². The van der Waals surface area contributed by atoms with Crippen LogP contribution in [0, 0.1) is 6.92 Å². The molecule has 1 N–H and O–H groups in total. The van der Waals surface area contributed by atoms with E-state index in [9.17, 15) is 0 Å². The lowest BCUT2D eigenvalue weighted by Gasteiger charge is -2.11. The minimum atomic E-state index is 0.506. The molecule has 0 bridgehead atoms. The lowest BCUT2D eigenvalue weighted by Crippen LogP contribution is -2.22. The van der Waals surface area contributed by atoms with Crippen molar-refractivity contribution in [2.24, 2.45) is 0 Å². The van der Waals surface area contributed by atoms with Crippen molar-refractivity contribution in [1.82, 2.24) is 15.3 Å². The molecule has 0 fully saturated rings. The van der Waals surface area contributed by atoms with E-state index in [0.717, 1.165) is 11.7 Å². The fourth-order valence-corrected chi connectivity index (χ4v) is 2.50. The van der Waals surface area contributed by atoms with Gasteiger partial charge < -0.3 is 5.32 Å². The zero-order valence-electron chi connectivity index (χ0n) is 11.6. The second-order valence-corrected chi connectivity index (χ2v) is 5.80. The highest BCUT2D eigenvalue weighted by molar-refractivity contribution is 7.99. The minimum Gasteiger partial charge on any atom is -0.310 e. The van der Waals surface area contributed by atoms with Gasteiger partial charge in [0.25, 0.3) is 0 Å². The average Bonchev–Trinajstić information content (AvgIpc) is 2.39. The number of nitrogens with zero attached hydrogens (tertiary/aromatic N) is 2. The van der Waals surface area contributed by atoms with Crippen LogP contribution in [0.3, 0.4) is 0 Å². The summed E-state index contributed by atoms with van der Waals surface area (Å²) in [4.78, 5) is 9.63. The van der Waals surface area contributed by atoms with Crippen LogP contribution in [0.1, 0.15) is 25.0 Å². The van der Waals surface area contributed by atoms with Gasteiger partial charge in [0.2, 0.25) is 0 Å². The third kappa shape index (κ3) is 4.33. The first kappa shape index (κ1) is 14.0. The summed E-state index contributed by atoms with van der Waals surface area (Å²) in [6, 6.07) is 8.83. The molecule has 100 valence electrons. The quantitative estimate of drug-likeness (QED) is 0.847. The molecule has 1 heterocycles. The predicted molar refractivity (Wildman–Crippen MR) is 79.3 cm³/mol. The number of rotatable bonds is 5. The molecule has 1 aromatic carbocycles. The molecule has 0 spiro atoms. The number of aryl methyl sites for hydroxylation is 1. The Hall–Kier alpha value is -1.39. The molecule has 3 nitrogen and oxygen atoms in total. The molecule has 19 heavy (non-hydrogen) atoms. The van der Waals surface area contributed by atoms with E-state index in [1.54, 1.807) is 24.2 Å². The summed E-state index contributed by atoms with van der Waals surface area (Å²) in [5.41, 5.74) is 2.64. The van der Waals surface area contributed by atoms with Gasteiger partial charge in [-0.1, -0.05) is 19.9 Å². The first-order valence-corrected chi connectivity index (χ1v) is 7.24. The Morgan fingerprint density at radius 2 is 1.95 bits per heavy atom. The zero-order chi connectivity index (χ0) is 13.7. The van der Waals surface area contributed by atoms with E-state index in [-0.39, 0.29) is 0 Å². The molecule has 0 aliphatic rings. The lowest BCUT2D eigenvalue weighted by atomic mass is 10.1. The Kier molecular flexibility index (Phi) is 4.93. The van der Waals surface area contributed by atoms with Gasteiger partial charge in [-0.15, -0.1) is 0 Å². The number of benzene rings is 1. The molecule has 0 amide bonds. The van der Waals surface area contributed by atoms with Gasteiger partial charge in [0.1, 0.15) is 0 Å². The number of hydrogen-bond acceptors (Lipinski definition) is 4. The number of nitrogens with one attached hydrogen (secondary N) is 1. The highest BCUT2D eigenvalue weighted by Crippen LogP contribution is 2.26. The summed E-state index contributed by atoms with van der Waals surface area (Å²) in [7, 11) is 0. The lowest BCUT2D eigenvalue weighted by molar-refractivity contribution is 0.587. The van der Waals surface area contributed by atoms with Crippen LogP contribution >= 0.6 is 11.8 Å². The first-order valence-electron chi connectivity index (χ1n) is 6.43. The van der Waals surface area contributed by atoms with Gasteiger partial charge in [-0.05, 0) is 48.0 Å². The molecule has 0 unspecified atom stereocenters. The maximum atomic E-state index is 4.23. The van der Waals surface area contributed by atoms with Crippen molar-refractivity contribution in [2.75, 3.05) is 0 Å². The average molecular weight is 273 g/mol. The van der Waals surface area contributed by atoms with Crippen LogP contribution in [-0.2, 0) is 6.54 Å². The monoisotopic (exact) mass is 273 g/mol. The van der Waals surface area contributed by atoms with Gasteiger partial charge in [-0.25, -0.2) is 9.97 Å². The molecule has 0 atom stereocenters. The van der Waals surface area contributed by atoms with Crippen molar-refractivity contribution < 1.29 is 0 Å². The summed E-state index contributed by atoms with van der Waals surface area (Å²) >= 11 is 1.59. The van der Waals surface area contributed by atoms with Crippen LogP contribution in [0.5, 0.6) is 0 Å². The molecule has 2 rings (SSSR count). The Morgan fingerprint density at radius 3 is 2.58 bits per heavy atom. The third-order valence-corrected chi connectivity index (χ3v) is 3.65. The minimum absolute atomic E-state index is 0.506. The fourth-order valence-electron chi connectivity index (χ4n) is 1.69. The van der Waals surface area contributed by atoms with Crippen LogP contribution < -0.4 is 5.32 Å². The Balaban J connectivity index is 2.06. The van der Waals surface area contributed by atoms with Crippen molar-refractivity contribution >= 4 is 11.8 Å². The number of hydrogen-bond donors (Lipinski definition) is 1. The topological polar surface area (TPSA) is 37.8 Å². The van der Waals surface area contributed by atoms with Crippen molar-refractivity contribution in [2.45, 2.75) is 43.4 Å². The third-order valence-electron chi connectivity index (χ3n) is 2.77. The summed E-state index contributed by atoms with van der Waals surface area (Å²) in [5.74, 6) is 0. The smallest absolute Gasteiger partial charge is 0.192 e. The second-order valence-electron chi connectivity index (χ2n) is 4.76. The molecule has 0 radical (unpaired) electrons. The normalized spacial score (nSPS) is 10.9. The standard InChI is InChI=1S/C15H19N3S/c1-11(2)18-10-13-5-6-14(9-12(13)3)19-15-16-7-4-8-17-15/h4-9,11,18H,10H2,1-3H3. The first-order chi connectivity index (χ1) is 9.15. The van der Waals surface area contributed by atoms with Crippen LogP contribution in [-0.4, -0.2) is 16.0 Å². The van der Waals surface area contributed by atoms with Gasteiger partial charge in [0.05, 0.1) is 0 Å². The maximum absolute atomic E-state index is 4.23. The molecule has 0 aliphatic heterocycles. The SMILES string of the molecule is Cc1cc(Sc2ncccn2)ccc1CNC(C)C. The maximum Gasteiger partial charge on any atom is 0.192 e. The van der Waals surface area contributed by atoms with Crippen LogP contribution in [0.25, 0.3) is 0 Å². The molecule has 1 aromatic heterocycles. The van der Waals surface area contributed by atoms with Crippen molar-refractivity contribution in [1.29, 1.82) is 0 Å². The molecule has 0 saturated carbocycles. The van der Waals surface area contributed by atoms with Crippen molar-refractivity contribution in [3.8, 4) is 0 Å². The van der Waals surface area contributed by atoms with Crippen LogP contribution in [0.2, 0.25) is 0 Å². The summed E-state index contributed by atoms with van der Waals surface area (Å²) in [5, 5.41) is 4.23.